The Morgan fingerprint density at radius 2 is 2.11 bits per heavy atom. The number of rotatable bonds is 8. The summed E-state index contributed by atoms with van der Waals surface area (Å²) < 4.78 is 1.92. The first-order valence-corrected chi connectivity index (χ1v) is 7.64. The summed E-state index contributed by atoms with van der Waals surface area (Å²) in [6, 6.07) is 10.4. The van der Waals surface area contributed by atoms with Gasteiger partial charge >= 0.3 is 0 Å². The second kappa shape index (κ2) is 7.96. The van der Waals surface area contributed by atoms with Crippen LogP contribution in [0.25, 0.3) is 0 Å². The molecule has 0 amide bonds. The number of aryl methyl sites for hydroxylation is 1. The number of hydrogen-bond acceptors (Lipinski definition) is 4. The molecule has 4 nitrogen and oxygen atoms in total. The Kier molecular flexibility index (Phi) is 5.91. The van der Waals surface area contributed by atoms with Gasteiger partial charge in [-0.05, 0) is 25.1 Å². The molecule has 5 heteroatoms. The average molecular weight is 276 g/mol. The van der Waals surface area contributed by atoms with Crippen LogP contribution in [-0.2, 0) is 13.1 Å². The van der Waals surface area contributed by atoms with Gasteiger partial charge in [0.1, 0.15) is 0 Å². The van der Waals surface area contributed by atoms with Crippen LogP contribution in [0.5, 0.6) is 0 Å². The minimum atomic E-state index is 0.805. The van der Waals surface area contributed by atoms with Crippen LogP contribution in [-0.4, -0.2) is 27.3 Å². The van der Waals surface area contributed by atoms with Crippen molar-refractivity contribution in [2.45, 2.75) is 31.3 Å². The van der Waals surface area contributed by atoms with E-state index in [9.17, 15) is 0 Å². The highest BCUT2D eigenvalue weighted by Crippen LogP contribution is 2.16. The van der Waals surface area contributed by atoms with Crippen molar-refractivity contribution < 1.29 is 0 Å². The van der Waals surface area contributed by atoms with E-state index in [1.54, 1.807) is 0 Å². The molecule has 0 aliphatic carbocycles. The zero-order chi connectivity index (χ0) is 13.3. The number of thioether (sulfide) groups is 1. The summed E-state index contributed by atoms with van der Waals surface area (Å²) in [5.74, 6) is 1.01. The molecule has 1 heterocycles. The highest BCUT2D eigenvalue weighted by atomic mass is 32.2. The first-order chi connectivity index (χ1) is 9.38. The van der Waals surface area contributed by atoms with E-state index in [1.807, 2.05) is 28.7 Å². The Morgan fingerprint density at radius 3 is 2.89 bits per heavy atom. The lowest BCUT2D eigenvalue weighted by molar-refractivity contribution is 0.630. The first kappa shape index (κ1) is 14.1. The number of nitrogens with one attached hydrogen (secondary N) is 1. The molecule has 0 saturated carbocycles. The largest absolute Gasteiger partial charge is 0.311 e. The minimum Gasteiger partial charge on any atom is -0.311 e. The predicted molar refractivity (Wildman–Crippen MR) is 79.2 cm³/mol. The van der Waals surface area contributed by atoms with Gasteiger partial charge in [-0.15, -0.1) is 16.9 Å². The molecular formula is C14H20N4S. The first-order valence-electron chi connectivity index (χ1n) is 6.66. The van der Waals surface area contributed by atoms with E-state index < -0.39 is 0 Å². The smallest absolute Gasteiger partial charge is 0.0964 e. The highest BCUT2D eigenvalue weighted by molar-refractivity contribution is 7.99. The van der Waals surface area contributed by atoms with Crippen LogP contribution >= 0.6 is 11.8 Å². The molecule has 0 aliphatic heterocycles. The van der Waals surface area contributed by atoms with Gasteiger partial charge in [-0.2, -0.15) is 0 Å². The van der Waals surface area contributed by atoms with Crippen LogP contribution in [0.3, 0.4) is 0 Å². The van der Waals surface area contributed by atoms with Crippen LogP contribution in [0.1, 0.15) is 19.0 Å². The second-order valence-electron chi connectivity index (χ2n) is 4.31. The van der Waals surface area contributed by atoms with Gasteiger partial charge in [0, 0.05) is 23.4 Å². The third-order valence-corrected chi connectivity index (χ3v) is 3.64. The molecule has 0 bridgehead atoms. The number of aromatic nitrogens is 3. The lowest BCUT2D eigenvalue weighted by Crippen LogP contribution is -2.13. The fourth-order valence-electron chi connectivity index (χ4n) is 1.70. The maximum atomic E-state index is 4.15. The molecule has 1 N–H and O–H groups in total. The molecule has 0 aliphatic rings. The summed E-state index contributed by atoms with van der Waals surface area (Å²) in [5, 5.41) is 11.6. The fourth-order valence-corrected chi connectivity index (χ4v) is 2.56. The van der Waals surface area contributed by atoms with Gasteiger partial charge < -0.3 is 5.32 Å². The van der Waals surface area contributed by atoms with E-state index in [1.165, 1.54) is 4.90 Å². The van der Waals surface area contributed by atoms with Gasteiger partial charge in [0.15, 0.2) is 0 Å². The van der Waals surface area contributed by atoms with Gasteiger partial charge in [-0.1, -0.05) is 30.3 Å². The molecule has 102 valence electrons. The second-order valence-corrected chi connectivity index (χ2v) is 5.48. The van der Waals surface area contributed by atoms with E-state index in [0.29, 0.717) is 0 Å². The predicted octanol–water partition coefficient (Wildman–Crippen LogP) is 2.57. The summed E-state index contributed by atoms with van der Waals surface area (Å²) in [6.45, 7) is 4.88. The summed E-state index contributed by atoms with van der Waals surface area (Å²) in [5.41, 5.74) is 1.01. The van der Waals surface area contributed by atoms with Crippen molar-refractivity contribution in [3.8, 4) is 0 Å². The Labute approximate surface area is 118 Å². The van der Waals surface area contributed by atoms with E-state index in [2.05, 4.69) is 46.8 Å². The maximum absolute atomic E-state index is 4.15. The monoisotopic (exact) mass is 276 g/mol. The Bertz CT molecular complexity index is 469. The molecular weight excluding hydrogens is 256 g/mol. The van der Waals surface area contributed by atoms with Crippen molar-refractivity contribution in [2.24, 2.45) is 0 Å². The molecule has 0 atom stereocenters. The summed E-state index contributed by atoms with van der Waals surface area (Å²) in [4.78, 5) is 1.30. The van der Waals surface area contributed by atoms with E-state index in [-0.39, 0.29) is 0 Å². The Morgan fingerprint density at radius 1 is 1.26 bits per heavy atom. The fraction of sp³-hybridized carbons (Fsp3) is 0.429. The molecule has 19 heavy (non-hydrogen) atoms. The molecule has 1 aromatic heterocycles. The summed E-state index contributed by atoms with van der Waals surface area (Å²) >= 11 is 1.84. The van der Waals surface area contributed by atoms with Crippen LogP contribution in [0, 0.1) is 0 Å². The van der Waals surface area contributed by atoms with Crippen molar-refractivity contribution in [1.82, 2.24) is 20.3 Å². The summed E-state index contributed by atoms with van der Waals surface area (Å²) in [7, 11) is 0. The molecule has 0 unspecified atom stereocenters. The van der Waals surface area contributed by atoms with Gasteiger partial charge in [-0.25, -0.2) is 0 Å². The minimum absolute atomic E-state index is 0.805. The maximum Gasteiger partial charge on any atom is 0.0964 e. The average Bonchev–Trinajstić information content (AvgIpc) is 2.88. The molecule has 0 saturated heterocycles. The highest BCUT2D eigenvalue weighted by Gasteiger charge is 2.00. The Hall–Kier alpha value is -1.33. The lowest BCUT2D eigenvalue weighted by atomic mass is 10.4. The van der Waals surface area contributed by atoms with Gasteiger partial charge in [0.25, 0.3) is 0 Å². The van der Waals surface area contributed by atoms with E-state index in [0.717, 1.165) is 37.5 Å². The van der Waals surface area contributed by atoms with Crippen molar-refractivity contribution >= 4 is 11.8 Å². The van der Waals surface area contributed by atoms with Crippen LogP contribution < -0.4 is 5.32 Å². The van der Waals surface area contributed by atoms with Gasteiger partial charge in [0.2, 0.25) is 0 Å². The SMILES string of the molecule is CCCNCc1cn(CCSc2ccccc2)nn1. The standard InChI is InChI=1S/C14H20N4S/c1-2-8-15-11-13-12-18(17-16-13)9-10-19-14-6-4-3-5-7-14/h3-7,12,15H,2,8-11H2,1H3. The normalized spacial score (nSPS) is 10.8. The molecule has 0 radical (unpaired) electrons. The number of nitrogens with zero attached hydrogens (tertiary/aromatic N) is 3. The molecule has 0 spiro atoms. The van der Waals surface area contributed by atoms with Gasteiger partial charge in [-0.3, -0.25) is 4.68 Å². The van der Waals surface area contributed by atoms with Crippen molar-refractivity contribution in [3.05, 3.63) is 42.2 Å². The van der Waals surface area contributed by atoms with Crippen LogP contribution in [0.2, 0.25) is 0 Å². The topological polar surface area (TPSA) is 42.7 Å². The lowest BCUT2D eigenvalue weighted by Gasteiger charge is -2.01. The zero-order valence-corrected chi connectivity index (χ0v) is 12.1. The number of benzene rings is 1. The summed E-state index contributed by atoms with van der Waals surface area (Å²) in [6.07, 6.45) is 3.16. The van der Waals surface area contributed by atoms with Crippen molar-refractivity contribution in [1.29, 1.82) is 0 Å². The van der Waals surface area contributed by atoms with Crippen LogP contribution in [0.4, 0.5) is 0 Å². The molecule has 1 aromatic carbocycles. The molecule has 0 fully saturated rings. The number of hydrogen-bond donors (Lipinski definition) is 1. The third kappa shape index (κ3) is 5.04. The van der Waals surface area contributed by atoms with Crippen molar-refractivity contribution in [3.63, 3.8) is 0 Å². The van der Waals surface area contributed by atoms with Crippen LogP contribution in [0.15, 0.2) is 41.4 Å². The van der Waals surface area contributed by atoms with Crippen molar-refractivity contribution in [2.75, 3.05) is 12.3 Å². The van der Waals surface area contributed by atoms with E-state index >= 15 is 0 Å². The van der Waals surface area contributed by atoms with E-state index in [4.69, 9.17) is 0 Å². The molecule has 2 rings (SSSR count). The molecule has 2 aromatic rings. The Balaban J connectivity index is 1.71. The quantitative estimate of drug-likeness (QED) is 0.594. The zero-order valence-electron chi connectivity index (χ0n) is 11.2. The van der Waals surface area contributed by atoms with Gasteiger partial charge in [0.05, 0.1) is 12.2 Å². The third-order valence-electron chi connectivity index (χ3n) is 2.65.